The van der Waals surface area contributed by atoms with Gasteiger partial charge in [0.1, 0.15) is 11.9 Å². The van der Waals surface area contributed by atoms with Gasteiger partial charge in [0.25, 0.3) is 5.91 Å². The number of halogens is 1. The summed E-state index contributed by atoms with van der Waals surface area (Å²) in [6, 6.07) is 3.67. The second kappa shape index (κ2) is 8.01. The lowest BCUT2D eigenvalue weighted by atomic mass is 10.1. The first-order chi connectivity index (χ1) is 11.5. The van der Waals surface area contributed by atoms with Crippen molar-refractivity contribution in [3.05, 3.63) is 30.1 Å². The number of nitrogens with zero attached hydrogens (tertiary/aromatic N) is 2. The number of anilines is 1. The summed E-state index contributed by atoms with van der Waals surface area (Å²) >= 11 is 0. The monoisotopic (exact) mass is 336 g/mol. The van der Waals surface area contributed by atoms with E-state index in [0.717, 1.165) is 36.3 Å². The zero-order chi connectivity index (χ0) is 17.7. The van der Waals surface area contributed by atoms with E-state index >= 15 is 0 Å². The zero-order valence-corrected chi connectivity index (χ0v) is 13.6. The normalized spacial score (nSPS) is 17.5. The number of carbonyl (C=O) groups is 3. The summed E-state index contributed by atoms with van der Waals surface area (Å²) in [4.78, 5) is 37.3. The third kappa shape index (κ3) is 3.97. The van der Waals surface area contributed by atoms with Gasteiger partial charge in [-0.15, -0.1) is 0 Å². The Morgan fingerprint density at radius 3 is 2.54 bits per heavy atom. The number of unbranched alkanes of at least 4 members (excludes halogenated alkanes) is 3. The Bertz CT molecular complexity index is 618. The first kappa shape index (κ1) is 18.1. The highest BCUT2D eigenvalue weighted by atomic mass is 19.1. The van der Waals surface area contributed by atoms with Crippen LogP contribution in [0.4, 0.5) is 10.1 Å². The van der Waals surface area contributed by atoms with E-state index in [-0.39, 0.29) is 18.5 Å². The van der Waals surface area contributed by atoms with Gasteiger partial charge in [0, 0.05) is 6.42 Å². The lowest BCUT2D eigenvalue weighted by Gasteiger charge is -2.21. The van der Waals surface area contributed by atoms with Crippen LogP contribution in [0.1, 0.15) is 45.4 Å². The van der Waals surface area contributed by atoms with E-state index < -0.39 is 29.6 Å². The Labute approximate surface area is 139 Å². The number of imide groups is 1. The number of benzene rings is 1. The number of rotatable bonds is 7. The summed E-state index contributed by atoms with van der Waals surface area (Å²) < 4.78 is 13.0. The average Bonchev–Trinajstić information content (AvgIpc) is 2.86. The molecule has 0 unspecified atom stereocenters. The second-order valence-electron chi connectivity index (χ2n) is 5.81. The minimum atomic E-state index is -1.22. The van der Waals surface area contributed by atoms with Crippen molar-refractivity contribution in [2.24, 2.45) is 0 Å². The molecule has 0 saturated carbocycles. The van der Waals surface area contributed by atoms with E-state index in [1.165, 1.54) is 12.1 Å². The molecule has 0 radical (unpaired) electrons. The SMILES string of the molecule is CCCCCCC(=O)N(O)[C@H]1CC(=O)N(c2ccc(F)cc2)C1=O. The second-order valence-corrected chi connectivity index (χ2v) is 5.81. The molecule has 0 aliphatic carbocycles. The maximum absolute atomic E-state index is 13.0. The van der Waals surface area contributed by atoms with Crippen LogP contribution in [0.5, 0.6) is 0 Å². The molecule has 7 heteroatoms. The maximum Gasteiger partial charge on any atom is 0.259 e. The van der Waals surface area contributed by atoms with Gasteiger partial charge in [-0.25, -0.2) is 14.4 Å². The molecule has 1 aliphatic rings. The van der Waals surface area contributed by atoms with E-state index in [9.17, 15) is 24.0 Å². The van der Waals surface area contributed by atoms with Crippen LogP contribution in [-0.4, -0.2) is 34.0 Å². The van der Waals surface area contributed by atoms with E-state index in [0.29, 0.717) is 11.5 Å². The van der Waals surface area contributed by atoms with Gasteiger partial charge in [0.15, 0.2) is 0 Å². The average molecular weight is 336 g/mol. The minimum absolute atomic E-state index is 0.130. The van der Waals surface area contributed by atoms with Crippen molar-refractivity contribution >= 4 is 23.4 Å². The van der Waals surface area contributed by atoms with Gasteiger partial charge in [-0.1, -0.05) is 26.2 Å². The predicted molar refractivity (Wildman–Crippen MR) is 84.7 cm³/mol. The first-order valence-corrected chi connectivity index (χ1v) is 8.09. The number of hydroxylamine groups is 2. The van der Waals surface area contributed by atoms with Gasteiger partial charge in [0.05, 0.1) is 12.1 Å². The summed E-state index contributed by atoms with van der Waals surface area (Å²) in [6.07, 6.45) is 3.37. The van der Waals surface area contributed by atoms with Crippen LogP contribution in [-0.2, 0) is 14.4 Å². The van der Waals surface area contributed by atoms with E-state index in [1.807, 2.05) is 6.92 Å². The van der Waals surface area contributed by atoms with Gasteiger partial charge in [0.2, 0.25) is 11.8 Å². The molecule has 1 N–H and O–H groups in total. The maximum atomic E-state index is 13.0. The highest BCUT2D eigenvalue weighted by Crippen LogP contribution is 2.25. The largest absolute Gasteiger partial charge is 0.285 e. The number of carbonyl (C=O) groups excluding carboxylic acids is 3. The molecule has 1 aromatic rings. The van der Waals surface area contributed by atoms with Gasteiger partial charge in [-0.3, -0.25) is 19.6 Å². The van der Waals surface area contributed by atoms with Crippen LogP contribution in [0, 0.1) is 5.82 Å². The molecule has 1 atom stereocenters. The molecule has 2 rings (SSSR count). The van der Waals surface area contributed by atoms with Crippen molar-refractivity contribution in [3.8, 4) is 0 Å². The van der Waals surface area contributed by atoms with Crippen LogP contribution in [0.15, 0.2) is 24.3 Å². The Morgan fingerprint density at radius 1 is 1.25 bits per heavy atom. The Morgan fingerprint density at radius 2 is 1.92 bits per heavy atom. The molecule has 1 aromatic carbocycles. The standard InChI is InChI=1S/C17H21FN2O4/c1-2-3-4-5-6-15(21)20(24)14-11-16(22)19(17(14)23)13-9-7-12(18)8-10-13/h7-10,14,24H,2-6,11H2,1H3/t14-/m0/s1. The van der Waals surface area contributed by atoms with Crippen LogP contribution >= 0.6 is 0 Å². The van der Waals surface area contributed by atoms with E-state index in [4.69, 9.17) is 0 Å². The fourth-order valence-electron chi connectivity index (χ4n) is 2.66. The smallest absolute Gasteiger partial charge is 0.259 e. The van der Waals surface area contributed by atoms with Crippen LogP contribution in [0.25, 0.3) is 0 Å². The fourth-order valence-corrected chi connectivity index (χ4v) is 2.66. The predicted octanol–water partition coefficient (Wildman–Crippen LogP) is 2.65. The van der Waals surface area contributed by atoms with Crippen LogP contribution in [0.2, 0.25) is 0 Å². The van der Waals surface area contributed by atoms with Gasteiger partial charge >= 0.3 is 0 Å². The zero-order valence-electron chi connectivity index (χ0n) is 13.6. The van der Waals surface area contributed by atoms with Crippen LogP contribution < -0.4 is 4.90 Å². The molecule has 3 amide bonds. The molecule has 1 aliphatic heterocycles. The summed E-state index contributed by atoms with van der Waals surface area (Å²) in [6.45, 7) is 2.05. The molecular formula is C17H21FN2O4. The summed E-state index contributed by atoms with van der Waals surface area (Å²) in [5, 5.41) is 10.4. The summed E-state index contributed by atoms with van der Waals surface area (Å²) in [5.74, 6) is -2.27. The van der Waals surface area contributed by atoms with Gasteiger partial charge in [-0.05, 0) is 30.7 Å². The third-order valence-electron chi connectivity index (χ3n) is 4.00. The molecule has 1 fully saturated rings. The summed E-state index contributed by atoms with van der Waals surface area (Å²) in [5.41, 5.74) is 0.220. The third-order valence-corrected chi connectivity index (χ3v) is 4.00. The first-order valence-electron chi connectivity index (χ1n) is 8.09. The topological polar surface area (TPSA) is 77.9 Å². The van der Waals surface area contributed by atoms with E-state index in [2.05, 4.69) is 0 Å². The lowest BCUT2D eigenvalue weighted by molar-refractivity contribution is -0.177. The Hall–Kier alpha value is -2.28. The number of hydrogen-bond acceptors (Lipinski definition) is 4. The molecule has 1 saturated heterocycles. The molecule has 0 aromatic heterocycles. The highest BCUT2D eigenvalue weighted by Gasteiger charge is 2.44. The lowest BCUT2D eigenvalue weighted by Crippen LogP contribution is -2.43. The Kier molecular flexibility index (Phi) is 6.03. The van der Waals surface area contributed by atoms with Crippen LogP contribution in [0.3, 0.4) is 0 Å². The van der Waals surface area contributed by atoms with Crippen molar-refractivity contribution in [2.45, 2.75) is 51.5 Å². The van der Waals surface area contributed by atoms with Gasteiger partial charge < -0.3 is 0 Å². The highest BCUT2D eigenvalue weighted by molar-refractivity contribution is 6.22. The molecule has 6 nitrogen and oxygen atoms in total. The molecule has 1 heterocycles. The number of amides is 3. The molecule has 0 spiro atoms. The fraction of sp³-hybridized carbons (Fsp3) is 0.471. The molecular weight excluding hydrogens is 315 g/mol. The van der Waals surface area contributed by atoms with Gasteiger partial charge in [-0.2, -0.15) is 0 Å². The molecule has 24 heavy (non-hydrogen) atoms. The van der Waals surface area contributed by atoms with Crippen molar-refractivity contribution in [3.63, 3.8) is 0 Å². The molecule has 0 bridgehead atoms. The summed E-state index contributed by atoms with van der Waals surface area (Å²) in [7, 11) is 0. The Balaban J connectivity index is 2.02. The van der Waals surface area contributed by atoms with Crippen molar-refractivity contribution in [1.29, 1.82) is 0 Å². The minimum Gasteiger partial charge on any atom is -0.285 e. The number of hydrogen-bond donors (Lipinski definition) is 1. The van der Waals surface area contributed by atoms with Crippen molar-refractivity contribution in [2.75, 3.05) is 4.90 Å². The van der Waals surface area contributed by atoms with Crippen molar-refractivity contribution < 1.29 is 24.0 Å². The quantitative estimate of drug-likeness (QED) is 0.359. The van der Waals surface area contributed by atoms with E-state index in [1.54, 1.807) is 0 Å². The van der Waals surface area contributed by atoms with Crippen molar-refractivity contribution in [1.82, 2.24) is 5.06 Å². The molecule has 130 valence electrons.